The number of nitrogens with zero attached hydrogens (tertiary/aromatic N) is 2. The summed E-state index contributed by atoms with van der Waals surface area (Å²) in [5.41, 5.74) is 1.61. The Balaban J connectivity index is 1.48. The van der Waals surface area contributed by atoms with Gasteiger partial charge in [0.15, 0.2) is 0 Å². The zero-order valence-electron chi connectivity index (χ0n) is 25.8. The van der Waals surface area contributed by atoms with E-state index in [1.165, 1.54) is 18.2 Å². The van der Waals surface area contributed by atoms with Gasteiger partial charge in [-0.25, -0.2) is 4.39 Å². The van der Waals surface area contributed by atoms with E-state index < -0.39 is 48.6 Å². The first-order chi connectivity index (χ1) is 21.3. The molecule has 3 fully saturated rings. The Kier molecular flexibility index (Phi) is 9.71. The summed E-state index contributed by atoms with van der Waals surface area (Å²) in [4.78, 5) is 42.6. The second-order valence-electron chi connectivity index (χ2n) is 12.8. The molecule has 2 aromatic rings. The van der Waals surface area contributed by atoms with Gasteiger partial charge in [-0.1, -0.05) is 25.3 Å². The molecule has 0 bridgehead atoms. The first-order valence-corrected chi connectivity index (χ1v) is 15.7. The van der Waals surface area contributed by atoms with Crippen LogP contribution in [0.1, 0.15) is 62.7 Å². The summed E-state index contributed by atoms with van der Waals surface area (Å²) in [6.07, 6.45) is -0.552. The molecule has 5 rings (SSSR count). The molecule has 3 N–H and O–H groups in total. The van der Waals surface area contributed by atoms with Gasteiger partial charge in [0.2, 0.25) is 11.8 Å². The van der Waals surface area contributed by atoms with E-state index in [1.54, 1.807) is 18.2 Å². The average molecular weight is 632 g/mol. The van der Waals surface area contributed by atoms with Gasteiger partial charge in [0.1, 0.15) is 5.82 Å². The second-order valence-corrected chi connectivity index (χ2v) is 12.8. The van der Waals surface area contributed by atoms with Crippen LogP contribution in [0.4, 0.5) is 28.9 Å². The van der Waals surface area contributed by atoms with E-state index in [0.717, 1.165) is 32.1 Å². The molecule has 2 saturated heterocycles. The molecule has 45 heavy (non-hydrogen) atoms. The fourth-order valence-corrected chi connectivity index (χ4v) is 6.71. The third kappa shape index (κ3) is 7.43. The second kappa shape index (κ2) is 13.4. The lowest BCUT2D eigenvalue weighted by Crippen LogP contribution is -2.55. The van der Waals surface area contributed by atoms with Gasteiger partial charge in [0.25, 0.3) is 5.91 Å². The van der Waals surface area contributed by atoms with Gasteiger partial charge in [0, 0.05) is 55.3 Å². The lowest BCUT2D eigenvalue weighted by atomic mass is 9.84. The molecule has 2 aromatic carbocycles. The molecule has 0 spiro atoms. The van der Waals surface area contributed by atoms with E-state index in [9.17, 15) is 27.6 Å². The maximum absolute atomic E-state index is 15.3. The number of halogens is 4. The van der Waals surface area contributed by atoms with E-state index in [1.807, 2.05) is 7.05 Å². The van der Waals surface area contributed by atoms with Crippen molar-refractivity contribution in [2.45, 2.75) is 76.7 Å². The molecule has 2 aliphatic heterocycles. The number of anilines is 2. The lowest BCUT2D eigenvalue weighted by Gasteiger charge is -2.44. The van der Waals surface area contributed by atoms with Crippen molar-refractivity contribution in [1.29, 1.82) is 0 Å². The number of alkyl halides is 3. The molecule has 1 saturated carbocycles. The SMILES string of the molecule is C[C@@H]1CN(c2ccc(-c3cc(C(=O)NC4CCCCC4)ccc3F)cc2NC(=O)C2CNC(=O)CC2C(F)(F)F)C[C@H](C)N1C. The van der Waals surface area contributed by atoms with E-state index in [-0.39, 0.29) is 35.3 Å². The van der Waals surface area contributed by atoms with Gasteiger partial charge in [-0.3, -0.25) is 19.3 Å². The third-order valence-electron chi connectivity index (χ3n) is 9.60. The standard InChI is InChI=1S/C33H41F4N5O3/c1-19-17-42(18-20(2)41(19)3)29-12-10-21(14-28(29)40-32(45)25-16-38-30(43)15-26(25)33(35,36)37)24-13-22(9-11-27(24)34)31(44)39-23-7-5-4-6-8-23/h9-14,19-20,23,25-26H,4-8,15-18H2,1-3H3,(H,38,43)(H,39,44)(H,40,45)/t19-,20+,25?,26?. The van der Waals surface area contributed by atoms with Crippen molar-refractivity contribution in [3.05, 3.63) is 47.8 Å². The number of likely N-dealkylation sites (N-methyl/N-ethyl adjacent to an activating group) is 1. The normalized spacial score (nSPS) is 25.0. The van der Waals surface area contributed by atoms with E-state index >= 15 is 4.39 Å². The Morgan fingerprint density at radius 3 is 2.33 bits per heavy atom. The number of amides is 3. The van der Waals surface area contributed by atoms with E-state index in [4.69, 9.17) is 0 Å². The first kappa shape index (κ1) is 32.7. The Labute approximate surface area is 260 Å². The summed E-state index contributed by atoms with van der Waals surface area (Å²) in [6.45, 7) is 4.87. The van der Waals surface area contributed by atoms with Gasteiger partial charge in [-0.2, -0.15) is 13.2 Å². The van der Waals surface area contributed by atoms with E-state index in [2.05, 4.69) is 39.6 Å². The molecule has 8 nitrogen and oxygen atoms in total. The zero-order valence-corrected chi connectivity index (χ0v) is 25.8. The van der Waals surface area contributed by atoms with Crippen LogP contribution in [0.2, 0.25) is 0 Å². The van der Waals surface area contributed by atoms with Crippen LogP contribution in [0, 0.1) is 17.7 Å². The Hall–Kier alpha value is -3.67. The largest absolute Gasteiger partial charge is 0.393 e. The van der Waals surface area contributed by atoms with Gasteiger partial charge < -0.3 is 20.9 Å². The quantitative estimate of drug-likeness (QED) is 0.375. The van der Waals surface area contributed by atoms with Crippen molar-refractivity contribution in [1.82, 2.24) is 15.5 Å². The van der Waals surface area contributed by atoms with Crippen molar-refractivity contribution >= 4 is 29.1 Å². The maximum Gasteiger partial charge on any atom is 0.393 e. The fourth-order valence-electron chi connectivity index (χ4n) is 6.71. The minimum absolute atomic E-state index is 0.0688. The predicted octanol–water partition coefficient (Wildman–Crippen LogP) is 5.34. The molecule has 1 aliphatic carbocycles. The van der Waals surface area contributed by atoms with Gasteiger partial charge in [-0.05, 0) is 69.6 Å². The molecule has 4 atom stereocenters. The third-order valence-corrected chi connectivity index (χ3v) is 9.60. The molecule has 244 valence electrons. The Morgan fingerprint density at radius 2 is 1.67 bits per heavy atom. The van der Waals surface area contributed by atoms with Crippen LogP contribution in [-0.4, -0.2) is 73.6 Å². The van der Waals surface area contributed by atoms with Crippen LogP contribution >= 0.6 is 0 Å². The minimum Gasteiger partial charge on any atom is -0.367 e. The van der Waals surface area contributed by atoms with Crippen LogP contribution in [0.5, 0.6) is 0 Å². The average Bonchev–Trinajstić information content (AvgIpc) is 2.99. The molecule has 2 unspecified atom stereocenters. The van der Waals surface area contributed by atoms with Crippen molar-refractivity contribution < 1.29 is 31.9 Å². The number of benzene rings is 2. The number of rotatable bonds is 6. The number of nitrogens with one attached hydrogen (secondary N) is 3. The molecule has 3 aliphatic rings. The van der Waals surface area contributed by atoms with Crippen molar-refractivity contribution in [2.24, 2.45) is 11.8 Å². The number of hydrogen-bond acceptors (Lipinski definition) is 5. The van der Waals surface area contributed by atoms with Gasteiger partial charge in [0.05, 0.1) is 23.2 Å². The number of carbonyl (C=O) groups is 3. The molecule has 2 heterocycles. The Bertz CT molecular complexity index is 1420. The summed E-state index contributed by atoms with van der Waals surface area (Å²) < 4.78 is 57.0. The summed E-state index contributed by atoms with van der Waals surface area (Å²) in [5, 5.41) is 8.13. The van der Waals surface area contributed by atoms with E-state index in [0.29, 0.717) is 29.9 Å². The molecule has 0 radical (unpaired) electrons. The van der Waals surface area contributed by atoms with Crippen molar-refractivity contribution in [3.63, 3.8) is 0 Å². The topological polar surface area (TPSA) is 93.8 Å². The highest BCUT2D eigenvalue weighted by Gasteiger charge is 2.50. The number of hydrogen-bond donors (Lipinski definition) is 3. The summed E-state index contributed by atoms with van der Waals surface area (Å²) in [7, 11) is 2.02. The molecular weight excluding hydrogens is 590 g/mol. The summed E-state index contributed by atoms with van der Waals surface area (Å²) in [5.74, 6) is -6.18. The van der Waals surface area contributed by atoms with Crippen molar-refractivity contribution in [3.8, 4) is 11.1 Å². The highest BCUT2D eigenvalue weighted by atomic mass is 19.4. The smallest absolute Gasteiger partial charge is 0.367 e. The number of carbonyl (C=O) groups excluding carboxylic acids is 3. The lowest BCUT2D eigenvalue weighted by molar-refractivity contribution is -0.197. The first-order valence-electron chi connectivity index (χ1n) is 15.7. The minimum atomic E-state index is -4.74. The molecule has 12 heteroatoms. The number of piperazine rings is 1. The number of piperidine rings is 1. The van der Waals surface area contributed by atoms with Crippen LogP contribution in [0.25, 0.3) is 11.1 Å². The predicted molar refractivity (Wildman–Crippen MR) is 164 cm³/mol. The highest BCUT2D eigenvalue weighted by molar-refractivity contribution is 5.99. The molecule has 3 amide bonds. The van der Waals surface area contributed by atoms with Crippen LogP contribution < -0.4 is 20.9 Å². The molecule has 0 aromatic heterocycles. The zero-order chi connectivity index (χ0) is 32.5. The highest BCUT2D eigenvalue weighted by Crippen LogP contribution is 2.39. The van der Waals surface area contributed by atoms with Crippen molar-refractivity contribution in [2.75, 3.05) is 36.9 Å². The van der Waals surface area contributed by atoms with Gasteiger partial charge in [-0.15, -0.1) is 0 Å². The fraction of sp³-hybridized carbons (Fsp3) is 0.545. The monoisotopic (exact) mass is 631 g/mol. The Morgan fingerprint density at radius 1 is 0.978 bits per heavy atom. The molecular formula is C33H41F4N5O3. The van der Waals surface area contributed by atoms with Gasteiger partial charge >= 0.3 is 6.18 Å². The van der Waals surface area contributed by atoms with Crippen LogP contribution in [0.3, 0.4) is 0 Å². The van der Waals surface area contributed by atoms with Crippen LogP contribution in [0.15, 0.2) is 36.4 Å². The summed E-state index contributed by atoms with van der Waals surface area (Å²) in [6, 6.07) is 9.45. The maximum atomic E-state index is 15.3. The summed E-state index contributed by atoms with van der Waals surface area (Å²) >= 11 is 0. The van der Waals surface area contributed by atoms with Crippen LogP contribution in [-0.2, 0) is 9.59 Å².